The van der Waals surface area contributed by atoms with Gasteiger partial charge in [0.05, 0.1) is 0 Å². The van der Waals surface area contributed by atoms with Crippen LogP contribution in [-0.4, -0.2) is 0 Å². The SMILES string of the molecule is CCCCCCC(F)=C(F)c1ccc(CCc2cc(F)c(F)c(F)c2)cc1. The first-order valence-electron chi connectivity index (χ1n) is 9.19. The Bertz CT molecular complexity index is 755. The maximum absolute atomic E-state index is 14.1. The topological polar surface area (TPSA) is 0 Å². The van der Waals surface area contributed by atoms with Crippen LogP contribution in [0.4, 0.5) is 22.0 Å². The molecule has 2 aromatic carbocycles. The lowest BCUT2D eigenvalue weighted by Crippen LogP contribution is -1.97. The number of hydrogen-bond donors (Lipinski definition) is 0. The van der Waals surface area contributed by atoms with Gasteiger partial charge in [0.15, 0.2) is 23.3 Å². The number of unbranched alkanes of at least 4 members (excludes halogenated alkanes) is 3. The summed E-state index contributed by atoms with van der Waals surface area (Å²) in [5.74, 6) is -5.51. The second-order valence-electron chi connectivity index (χ2n) is 6.60. The van der Waals surface area contributed by atoms with E-state index in [1.54, 1.807) is 12.1 Å². The predicted octanol–water partition coefficient (Wildman–Crippen LogP) is 7.47. The first-order valence-corrected chi connectivity index (χ1v) is 9.19. The highest BCUT2D eigenvalue weighted by atomic mass is 19.2. The lowest BCUT2D eigenvalue weighted by atomic mass is 10.0. The Hall–Kier alpha value is -2.17. The van der Waals surface area contributed by atoms with Crippen LogP contribution in [0.2, 0.25) is 0 Å². The average Bonchev–Trinajstić information content (AvgIpc) is 2.67. The Morgan fingerprint density at radius 2 is 1.37 bits per heavy atom. The molecular weight excluding hydrogens is 359 g/mol. The molecule has 0 aliphatic rings. The van der Waals surface area contributed by atoms with Gasteiger partial charge in [0, 0.05) is 12.0 Å². The molecule has 0 saturated heterocycles. The molecule has 0 aromatic heterocycles. The van der Waals surface area contributed by atoms with E-state index in [2.05, 4.69) is 6.92 Å². The van der Waals surface area contributed by atoms with Crippen LogP contribution in [0.5, 0.6) is 0 Å². The molecule has 0 unspecified atom stereocenters. The van der Waals surface area contributed by atoms with Crippen molar-refractivity contribution in [1.29, 1.82) is 0 Å². The molecular formula is C22H23F5. The molecule has 0 atom stereocenters. The van der Waals surface area contributed by atoms with Crippen molar-refractivity contribution in [1.82, 2.24) is 0 Å². The van der Waals surface area contributed by atoms with E-state index in [0.29, 0.717) is 24.8 Å². The smallest absolute Gasteiger partial charge is 0.194 e. The summed E-state index contributed by atoms with van der Waals surface area (Å²) in [6.07, 6.45) is 4.37. The highest BCUT2D eigenvalue weighted by Gasteiger charge is 2.11. The molecule has 0 saturated carbocycles. The normalized spacial score (nSPS) is 12.2. The molecule has 0 bridgehead atoms. The molecule has 0 aliphatic carbocycles. The van der Waals surface area contributed by atoms with Crippen molar-refractivity contribution in [2.24, 2.45) is 0 Å². The summed E-state index contributed by atoms with van der Waals surface area (Å²) >= 11 is 0. The molecule has 0 nitrogen and oxygen atoms in total. The summed E-state index contributed by atoms with van der Waals surface area (Å²) in [6.45, 7) is 2.05. The van der Waals surface area contributed by atoms with Gasteiger partial charge in [-0.2, -0.15) is 0 Å². The van der Waals surface area contributed by atoms with Crippen LogP contribution >= 0.6 is 0 Å². The van der Waals surface area contributed by atoms with Crippen LogP contribution in [0, 0.1) is 17.5 Å². The van der Waals surface area contributed by atoms with Gasteiger partial charge in [-0.3, -0.25) is 0 Å². The van der Waals surface area contributed by atoms with E-state index in [1.807, 2.05) is 0 Å². The van der Waals surface area contributed by atoms with Gasteiger partial charge in [0.2, 0.25) is 0 Å². The highest BCUT2D eigenvalue weighted by molar-refractivity contribution is 5.61. The van der Waals surface area contributed by atoms with Crippen molar-refractivity contribution in [3.05, 3.63) is 76.4 Å². The fourth-order valence-corrected chi connectivity index (χ4v) is 2.83. The van der Waals surface area contributed by atoms with E-state index in [1.165, 1.54) is 12.1 Å². The second kappa shape index (κ2) is 10.2. The molecule has 0 radical (unpaired) electrons. The van der Waals surface area contributed by atoms with E-state index in [-0.39, 0.29) is 12.0 Å². The molecule has 0 aliphatic heterocycles. The largest absolute Gasteiger partial charge is 0.209 e. The third-order valence-corrected chi connectivity index (χ3v) is 4.44. The van der Waals surface area contributed by atoms with Gasteiger partial charge in [-0.25, -0.2) is 22.0 Å². The Morgan fingerprint density at radius 1 is 0.778 bits per heavy atom. The van der Waals surface area contributed by atoms with E-state index in [0.717, 1.165) is 37.0 Å². The zero-order chi connectivity index (χ0) is 19.8. The molecule has 0 amide bonds. The van der Waals surface area contributed by atoms with Crippen LogP contribution in [-0.2, 0) is 12.8 Å². The van der Waals surface area contributed by atoms with Crippen LogP contribution in [0.25, 0.3) is 5.83 Å². The summed E-state index contributed by atoms with van der Waals surface area (Å²) < 4.78 is 67.4. The summed E-state index contributed by atoms with van der Waals surface area (Å²) in [7, 11) is 0. The van der Waals surface area contributed by atoms with Crippen molar-refractivity contribution in [2.45, 2.75) is 51.9 Å². The molecule has 27 heavy (non-hydrogen) atoms. The fourth-order valence-electron chi connectivity index (χ4n) is 2.83. The van der Waals surface area contributed by atoms with Crippen molar-refractivity contribution in [3.8, 4) is 0 Å². The summed E-state index contributed by atoms with van der Waals surface area (Å²) in [4.78, 5) is 0. The predicted molar refractivity (Wildman–Crippen MR) is 98.1 cm³/mol. The van der Waals surface area contributed by atoms with Crippen molar-refractivity contribution in [2.75, 3.05) is 0 Å². The molecule has 146 valence electrons. The number of hydrogen-bond acceptors (Lipinski definition) is 0. The first-order chi connectivity index (χ1) is 12.9. The van der Waals surface area contributed by atoms with Crippen LogP contribution in [0.15, 0.2) is 42.2 Å². The zero-order valence-corrected chi connectivity index (χ0v) is 15.3. The number of aryl methyl sites for hydroxylation is 2. The average molecular weight is 382 g/mol. The van der Waals surface area contributed by atoms with Gasteiger partial charge in [-0.1, -0.05) is 50.5 Å². The minimum Gasteiger partial charge on any atom is -0.209 e. The van der Waals surface area contributed by atoms with Gasteiger partial charge >= 0.3 is 0 Å². The van der Waals surface area contributed by atoms with E-state index < -0.39 is 29.1 Å². The summed E-state index contributed by atoms with van der Waals surface area (Å²) in [5.41, 5.74) is 1.31. The summed E-state index contributed by atoms with van der Waals surface area (Å²) in [5, 5.41) is 0. The maximum atomic E-state index is 14.1. The monoisotopic (exact) mass is 382 g/mol. The molecule has 0 spiro atoms. The minimum absolute atomic E-state index is 0.0925. The van der Waals surface area contributed by atoms with E-state index in [4.69, 9.17) is 0 Å². The Kier molecular flexibility index (Phi) is 8.01. The number of halogens is 5. The molecule has 2 aromatic rings. The van der Waals surface area contributed by atoms with Gasteiger partial charge in [-0.05, 0) is 42.5 Å². The van der Waals surface area contributed by atoms with Gasteiger partial charge in [0.1, 0.15) is 5.83 Å². The number of allylic oxidation sites excluding steroid dienone is 1. The maximum Gasteiger partial charge on any atom is 0.194 e. The van der Waals surface area contributed by atoms with Gasteiger partial charge < -0.3 is 0 Å². The number of rotatable bonds is 9. The highest BCUT2D eigenvalue weighted by Crippen LogP contribution is 2.26. The molecule has 0 heterocycles. The van der Waals surface area contributed by atoms with E-state index in [9.17, 15) is 22.0 Å². The quantitative estimate of drug-likeness (QED) is 0.240. The Morgan fingerprint density at radius 3 is 1.96 bits per heavy atom. The molecule has 0 fully saturated rings. The second-order valence-corrected chi connectivity index (χ2v) is 6.60. The first kappa shape index (κ1) is 21.1. The third-order valence-electron chi connectivity index (χ3n) is 4.44. The Labute approximate surface area is 156 Å². The molecule has 5 heteroatoms. The third kappa shape index (κ3) is 6.19. The Balaban J connectivity index is 1.96. The van der Waals surface area contributed by atoms with Crippen LogP contribution in [0.3, 0.4) is 0 Å². The fraction of sp³-hybridized carbons (Fsp3) is 0.364. The van der Waals surface area contributed by atoms with Crippen LogP contribution in [0.1, 0.15) is 55.7 Å². The standard InChI is InChI=1S/C22H23F5/c1-2-3-4-5-6-18(23)21(26)17-11-9-15(10-12-17)7-8-16-13-19(24)22(27)20(25)14-16/h9-14H,2-8H2,1H3. The number of benzene rings is 2. The lowest BCUT2D eigenvalue weighted by molar-refractivity contribution is 0.445. The van der Waals surface area contributed by atoms with Crippen molar-refractivity contribution < 1.29 is 22.0 Å². The lowest BCUT2D eigenvalue weighted by Gasteiger charge is -2.06. The minimum atomic E-state index is -1.48. The van der Waals surface area contributed by atoms with Gasteiger partial charge in [0.25, 0.3) is 0 Å². The van der Waals surface area contributed by atoms with Crippen LogP contribution < -0.4 is 0 Å². The van der Waals surface area contributed by atoms with Crippen molar-refractivity contribution >= 4 is 5.83 Å². The van der Waals surface area contributed by atoms with Gasteiger partial charge in [-0.15, -0.1) is 0 Å². The van der Waals surface area contributed by atoms with Crippen molar-refractivity contribution in [3.63, 3.8) is 0 Å². The summed E-state index contributed by atoms with van der Waals surface area (Å²) in [6, 6.07) is 8.20. The molecule has 2 rings (SSSR count). The van der Waals surface area contributed by atoms with E-state index >= 15 is 0 Å². The zero-order valence-electron chi connectivity index (χ0n) is 15.3. The molecule has 0 N–H and O–H groups in total.